The smallest absolute Gasteiger partial charge is 0.206 e. The maximum atomic E-state index is 5.86. The standard InChI is InChI=1S/C18H22N4O/c1-3-21-11-5-6-14(21)12-16-20-15-7-4-10-19-18(15)22(16)17-9-8-13(2)23-17/h4,7-10,14H,3,5-6,11-12H2,1-2H3. The van der Waals surface area contributed by atoms with Crippen LogP contribution >= 0.6 is 0 Å². The van der Waals surface area contributed by atoms with Crippen molar-refractivity contribution in [1.29, 1.82) is 0 Å². The topological polar surface area (TPSA) is 47.1 Å². The number of nitrogens with zero attached hydrogens (tertiary/aromatic N) is 4. The summed E-state index contributed by atoms with van der Waals surface area (Å²) in [6.07, 6.45) is 5.26. The molecule has 3 aromatic rings. The predicted molar refractivity (Wildman–Crippen MR) is 89.8 cm³/mol. The van der Waals surface area contributed by atoms with Gasteiger partial charge in [0.1, 0.15) is 17.1 Å². The number of likely N-dealkylation sites (N-methyl/N-ethyl adjacent to an activating group) is 1. The molecule has 0 N–H and O–H groups in total. The van der Waals surface area contributed by atoms with Gasteiger partial charge >= 0.3 is 0 Å². The highest BCUT2D eigenvalue weighted by Crippen LogP contribution is 2.26. The molecule has 1 unspecified atom stereocenters. The Balaban J connectivity index is 1.79. The molecular formula is C18H22N4O. The molecule has 0 spiro atoms. The highest BCUT2D eigenvalue weighted by molar-refractivity contribution is 5.73. The highest BCUT2D eigenvalue weighted by atomic mass is 16.4. The molecule has 0 saturated carbocycles. The number of aromatic nitrogens is 3. The first-order valence-electron chi connectivity index (χ1n) is 8.39. The first-order chi connectivity index (χ1) is 11.3. The minimum Gasteiger partial charge on any atom is -0.445 e. The van der Waals surface area contributed by atoms with Crippen LogP contribution in [0.2, 0.25) is 0 Å². The fourth-order valence-electron chi connectivity index (χ4n) is 3.62. The summed E-state index contributed by atoms with van der Waals surface area (Å²) in [5.41, 5.74) is 1.80. The average molecular weight is 310 g/mol. The SMILES string of the molecule is CCN1CCCC1Cc1nc2cccnc2n1-c1ccc(C)o1. The molecule has 1 saturated heterocycles. The first-order valence-corrected chi connectivity index (χ1v) is 8.39. The van der Waals surface area contributed by atoms with E-state index >= 15 is 0 Å². The van der Waals surface area contributed by atoms with Crippen molar-refractivity contribution in [1.82, 2.24) is 19.4 Å². The summed E-state index contributed by atoms with van der Waals surface area (Å²) in [6, 6.07) is 8.50. The molecule has 1 aliphatic heterocycles. The van der Waals surface area contributed by atoms with E-state index in [4.69, 9.17) is 9.40 Å². The van der Waals surface area contributed by atoms with E-state index in [1.807, 2.05) is 37.4 Å². The quantitative estimate of drug-likeness (QED) is 0.741. The summed E-state index contributed by atoms with van der Waals surface area (Å²) in [6.45, 7) is 6.49. The second-order valence-electron chi connectivity index (χ2n) is 6.22. The number of rotatable bonds is 4. The van der Waals surface area contributed by atoms with Crippen molar-refractivity contribution in [3.8, 4) is 5.88 Å². The molecule has 1 atom stereocenters. The number of aryl methyl sites for hydroxylation is 1. The fourth-order valence-corrected chi connectivity index (χ4v) is 3.62. The third-order valence-corrected chi connectivity index (χ3v) is 4.76. The second-order valence-corrected chi connectivity index (χ2v) is 6.22. The molecule has 0 aromatic carbocycles. The van der Waals surface area contributed by atoms with Gasteiger partial charge in [0.25, 0.3) is 0 Å². The summed E-state index contributed by atoms with van der Waals surface area (Å²) in [4.78, 5) is 11.9. The molecular weight excluding hydrogens is 288 g/mol. The van der Waals surface area contributed by atoms with Crippen LogP contribution in [0.4, 0.5) is 0 Å². The second kappa shape index (κ2) is 5.81. The number of furan rings is 1. The van der Waals surface area contributed by atoms with E-state index in [0.29, 0.717) is 6.04 Å². The van der Waals surface area contributed by atoms with Crippen molar-refractivity contribution >= 4 is 11.2 Å². The van der Waals surface area contributed by atoms with Crippen LogP contribution < -0.4 is 0 Å². The van der Waals surface area contributed by atoms with E-state index in [0.717, 1.165) is 41.6 Å². The van der Waals surface area contributed by atoms with Crippen LogP contribution in [0.15, 0.2) is 34.9 Å². The number of hydrogen-bond acceptors (Lipinski definition) is 4. The highest BCUT2D eigenvalue weighted by Gasteiger charge is 2.26. The van der Waals surface area contributed by atoms with Crippen molar-refractivity contribution < 1.29 is 4.42 Å². The van der Waals surface area contributed by atoms with Gasteiger partial charge in [0.15, 0.2) is 5.65 Å². The van der Waals surface area contributed by atoms with Crippen LogP contribution in [0.25, 0.3) is 17.0 Å². The Morgan fingerprint density at radius 1 is 1.30 bits per heavy atom. The third-order valence-electron chi connectivity index (χ3n) is 4.76. The normalized spacial score (nSPS) is 19.0. The lowest BCUT2D eigenvalue weighted by atomic mass is 10.1. The molecule has 0 radical (unpaired) electrons. The summed E-state index contributed by atoms with van der Waals surface area (Å²) >= 11 is 0. The van der Waals surface area contributed by atoms with Gasteiger partial charge in [0.2, 0.25) is 5.88 Å². The lowest BCUT2D eigenvalue weighted by molar-refractivity contribution is 0.262. The number of imidazole rings is 1. The molecule has 4 heterocycles. The monoisotopic (exact) mass is 310 g/mol. The summed E-state index contributed by atoms with van der Waals surface area (Å²) in [5, 5.41) is 0. The van der Waals surface area contributed by atoms with Gasteiger partial charge in [-0.1, -0.05) is 6.92 Å². The molecule has 0 amide bonds. The van der Waals surface area contributed by atoms with Crippen LogP contribution in [-0.4, -0.2) is 38.6 Å². The lowest BCUT2D eigenvalue weighted by Crippen LogP contribution is -2.31. The zero-order chi connectivity index (χ0) is 15.8. The number of hydrogen-bond donors (Lipinski definition) is 0. The number of likely N-dealkylation sites (tertiary alicyclic amines) is 1. The average Bonchev–Trinajstić information content (AvgIpc) is 3.25. The first kappa shape index (κ1) is 14.5. The number of fused-ring (bicyclic) bond motifs is 1. The Labute approximate surface area is 135 Å². The molecule has 4 rings (SSSR count). The Hall–Kier alpha value is -2.14. The summed E-state index contributed by atoms with van der Waals surface area (Å²) in [5.74, 6) is 2.75. The van der Waals surface area contributed by atoms with Gasteiger partial charge in [-0.05, 0) is 51.1 Å². The van der Waals surface area contributed by atoms with Crippen molar-refractivity contribution in [2.75, 3.05) is 13.1 Å². The van der Waals surface area contributed by atoms with Gasteiger partial charge in [-0.15, -0.1) is 0 Å². The third kappa shape index (κ3) is 2.55. The molecule has 1 fully saturated rings. The Morgan fingerprint density at radius 3 is 3.00 bits per heavy atom. The van der Waals surface area contributed by atoms with Gasteiger partial charge in [0, 0.05) is 24.7 Å². The largest absolute Gasteiger partial charge is 0.445 e. The van der Waals surface area contributed by atoms with Crippen molar-refractivity contribution in [3.05, 3.63) is 42.0 Å². The summed E-state index contributed by atoms with van der Waals surface area (Å²) in [7, 11) is 0. The predicted octanol–water partition coefficient (Wildman–Crippen LogP) is 3.35. The van der Waals surface area contributed by atoms with Gasteiger partial charge in [-0.2, -0.15) is 0 Å². The molecule has 0 aliphatic carbocycles. The maximum Gasteiger partial charge on any atom is 0.206 e. The molecule has 3 aromatic heterocycles. The van der Waals surface area contributed by atoms with Crippen LogP contribution in [0.1, 0.15) is 31.4 Å². The van der Waals surface area contributed by atoms with Crippen LogP contribution in [0, 0.1) is 6.92 Å². The molecule has 1 aliphatic rings. The minimum atomic E-state index is 0.562. The van der Waals surface area contributed by atoms with E-state index in [-0.39, 0.29) is 0 Å². The van der Waals surface area contributed by atoms with E-state index in [9.17, 15) is 0 Å². The maximum absolute atomic E-state index is 5.86. The van der Waals surface area contributed by atoms with Crippen LogP contribution in [0.5, 0.6) is 0 Å². The van der Waals surface area contributed by atoms with Crippen molar-refractivity contribution in [2.24, 2.45) is 0 Å². The van der Waals surface area contributed by atoms with E-state index in [2.05, 4.69) is 21.4 Å². The Bertz CT molecular complexity index is 819. The van der Waals surface area contributed by atoms with Crippen molar-refractivity contribution in [2.45, 2.75) is 39.2 Å². The zero-order valence-corrected chi connectivity index (χ0v) is 13.7. The molecule has 5 heteroatoms. The van der Waals surface area contributed by atoms with Crippen LogP contribution in [-0.2, 0) is 6.42 Å². The Morgan fingerprint density at radius 2 is 2.22 bits per heavy atom. The zero-order valence-electron chi connectivity index (χ0n) is 13.7. The number of pyridine rings is 1. The van der Waals surface area contributed by atoms with Gasteiger partial charge in [-0.3, -0.25) is 0 Å². The molecule has 5 nitrogen and oxygen atoms in total. The lowest BCUT2D eigenvalue weighted by Gasteiger charge is -2.22. The van der Waals surface area contributed by atoms with E-state index in [1.54, 1.807) is 0 Å². The van der Waals surface area contributed by atoms with E-state index in [1.165, 1.54) is 19.4 Å². The molecule has 0 bridgehead atoms. The van der Waals surface area contributed by atoms with Gasteiger partial charge in [-0.25, -0.2) is 14.5 Å². The Kier molecular flexibility index (Phi) is 3.65. The van der Waals surface area contributed by atoms with Crippen molar-refractivity contribution in [3.63, 3.8) is 0 Å². The van der Waals surface area contributed by atoms with Gasteiger partial charge in [0.05, 0.1) is 0 Å². The fraction of sp³-hybridized carbons (Fsp3) is 0.444. The van der Waals surface area contributed by atoms with Crippen LogP contribution in [0.3, 0.4) is 0 Å². The van der Waals surface area contributed by atoms with Gasteiger partial charge < -0.3 is 9.32 Å². The van der Waals surface area contributed by atoms with E-state index < -0.39 is 0 Å². The molecule has 23 heavy (non-hydrogen) atoms. The molecule has 120 valence electrons. The summed E-state index contributed by atoms with van der Waals surface area (Å²) < 4.78 is 7.94. The minimum absolute atomic E-state index is 0.562.